The largest absolute Gasteiger partial charge is 0.454 e. The number of nitrogens with one attached hydrogen (secondary N) is 2. The van der Waals surface area contributed by atoms with Crippen LogP contribution in [-0.4, -0.2) is 18.6 Å². The van der Waals surface area contributed by atoms with Crippen LogP contribution in [0.5, 0.6) is 11.5 Å². The highest BCUT2D eigenvalue weighted by Crippen LogP contribution is 2.36. The van der Waals surface area contributed by atoms with Gasteiger partial charge in [0.15, 0.2) is 11.5 Å². The molecule has 0 radical (unpaired) electrons. The Morgan fingerprint density at radius 2 is 1.70 bits per heavy atom. The third-order valence-corrected chi connectivity index (χ3v) is 5.66. The van der Waals surface area contributed by atoms with Gasteiger partial charge in [0.25, 0.3) is 5.91 Å². The summed E-state index contributed by atoms with van der Waals surface area (Å²) in [4.78, 5) is 25.9. The first-order chi connectivity index (χ1) is 14.7. The van der Waals surface area contributed by atoms with Crippen molar-refractivity contribution in [1.82, 2.24) is 0 Å². The Labute approximate surface area is 173 Å². The second-order valence-corrected chi connectivity index (χ2v) is 7.65. The van der Waals surface area contributed by atoms with Crippen molar-refractivity contribution < 1.29 is 23.5 Å². The Kier molecular flexibility index (Phi) is 4.78. The molecule has 154 valence electrons. The van der Waals surface area contributed by atoms with E-state index in [1.54, 1.807) is 24.3 Å². The van der Waals surface area contributed by atoms with E-state index in [9.17, 15) is 9.59 Å². The van der Waals surface area contributed by atoms with Crippen molar-refractivity contribution in [3.63, 3.8) is 0 Å². The molecule has 30 heavy (non-hydrogen) atoms. The van der Waals surface area contributed by atoms with Gasteiger partial charge in [0, 0.05) is 23.1 Å². The van der Waals surface area contributed by atoms with Crippen LogP contribution in [0, 0.1) is 5.92 Å². The normalized spacial score (nSPS) is 15.9. The maximum Gasteiger partial charge on any atom is 0.293 e. The van der Waals surface area contributed by atoms with Crippen LogP contribution in [0.3, 0.4) is 0 Å². The second kappa shape index (κ2) is 7.74. The number of para-hydroxylation sites is 1. The third kappa shape index (κ3) is 3.47. The zero-order chi connectivity index (χ0) is 20.5. The van der Waals surface area contributed by atoms with Crippen LogP contribution in [0.1, 0.15) is 42.7 Å². The Hall–Kier alpha value is -3.48. The van der Waals surface area contributed by atoms with E-state index in [0.717, 1.165) is 25.7 Å². The zero-order valence-corrected chi connectivity index (χ0v) is 16.4. The number of amides is 2. The minimum absolute atomic E-state index is 0.0304. The molecule has 1 aliphatic carbocycles. The molecule has 1 aromatic heterocycles. The van der Waals surface area contributed by atoms with Gasteiger partial charge in [0.05, 0.1) is 0 Å². The first kappa shape index (κ1) is 18.5. The number of carbonyl (C=O) groups excluding carboxylic acids is 2. The van der Waals surface area contributed by atoms with Crippen molar-refractivity contribution in [1.29, 1.82) is 0 Å². The fourth-order valence-corrected chi connectivity index (χ4v) is 4.08. The Bertz CT molecular complexity index is 1110. The Balaban J connectivity index is 1.43. The van der Waals surface area contributed by atoms with Gasteiger partial charge in [0.2, 0.25) is 18.5 Å². The predicted octanol–water partition coefficient (Wildman–Crippen LogP) is 4.93. The number of anilines is 2. The summed E-state index contributed by atoms with van der Waals surface area (Å²) < 4.78 is 16.5. The van der Waals surface area contributed by atoms with Crippen LogP contribution in [0.25, 0.3) is 11.0 Å². The number of rotatable bonds is 4. The lowest BCUT2D eigenvalue weighted by Crippen LogP contribution is -2.25. The number of carbonyl (C=O) groups is 2. The molecule has 2 N–H and O–H groups in total. The molecule has 1 aliphatic heterocycles. The maximum atomic E-state index is 13.0. The lowest BCUT2D eigenvalue weighted by atomic mass is 9.88. The molecule has 7 heteroatoms. The molecular formula is C23H22N2O5. The van der Waals surface area contributed by atoms with Crippen molar-refractivity contribution in [2.24, 2.45) is 5.92 Å². The number of ether oxygens (including phenoxy) is 2. The summed E-state index contributed by atoms with van der Waals surface area (Å²) in [5, 5.41) is 6.50. The molecule has 2 aromatic carbocycles. The van der Waals surface area contributed by atoms with E-state index in [4.69, 9.17) is 13.9 Å². The molecule has 1 saturated carbocycles. The van der Waals surface area contributed by atoms with E-state index in [2.05, 4.69) is 10.6 Å². The van der Waals surface area contributed by atoms with E-state index in [-0.39, 0.29) is 24.4 Å². The minimum atomic E-state index is -0.441. The van der Waals surface area contributed by atoms with Gasteiger partial charge in [0.1, 0.15) is 11.3 Å². The van der Waals surface area contributed by atoms with Gasteiger partial charge < -0.3 is 24.5 Å². The Morgan fingerprint density at radius 1 is 0.900 bits per heavy atom. The van der Waals surface area contributed by atoms with E-state index >= 15 is 0 Å². The summed E-state index contributed by atoms with van der Waals surface area (Å²) in [6.45, 7) is 0.160. The number of benzene rings is 2. The number of fused-ring (bicyclic) bond motifs is 2. The summed E-state index contributed by atoms with van der Waals surface area (Å²) in [5.41, 5.74) is 1.51. The standard InChI is InChI=1S/C23H22N2O5/c26-22(14-6-2-1-3-7-14)25-20-16-8-4-5-9-17(16)30-21(20)23(27)24-15-10-11-18-19(12-15)29-13-28-18/h4-5,8-12,14H,1-3,6-7,13H2,(H,24,27)(H,25,26). The van der Waals surface area contributed by atoms with E-state index in [1.165, 1.54) is 6.42 Å². The smallest absolute Gasteiger partial charge is 0.293 e. The van der Waals surface area contributed by atoms with Crippen LogP contribution >= 0.6 is 0 Å². The van der Waals surface area contributed by atoms with Crippen LogP contribution in [0.4, 0.5) is 11.4 Å². The summed E-state index contributed by atoms with van der Waals surface area (Å²) >= 11 is 0. The molecule has 1 fully saturated rings. The molecule has 3 aromatic rings. The molecule has 2 heterocycles. The zero-order valence-electron chi connectivity index (χ0n) is 16.4. The molecule has 0 unspecified atom stereocenters. The molecular weight excluding hydrogens is 384 g/mol. The van der Waals surface area contributed by atoms with Gasteiger partial charge in [-0.2, -0.15) is 0 Å². The quantitative estimate of drug-likeness (QED) is 0.641. The van der Waals surface area contributed by atoms with Gasteiger partial charge in [-0.05, 0) is 37.1 Å². The average Bonchev–Trinajstić information content (AvgIpc) is 3.39. The molecule has 7 nitrogen and oxygen atoms in total. The first-order valence-corrected chi connectivity index (χ1v) is 10.2. The fourth-order valence-electron chi connectivity index (χ4n) is 4.08. The highest BCUT2D eigenvalue weighted by molar-refractivity contribution is 6.14. The predicted molar refractivity (Wildman–Crippen MR) is 112 cm³/mol. The van der Waals surface area contributed by atoms with Gasteiger partial charge in [-0.1, -0.05) is 31.4 Å². The van der Waals surface area contributed by atoms with Crippen molar-refractivity contribution in [2.75, 3.05) is 17.4 Å². The van der Waals surface area contributed by atoms with Gasteiger partial charge in [-0.15, -0.1) is 0 Å². The van der Waals surface area contributed by atoms with E-state index in [0.29, 0.717) is 33.8 Å². The number of hydrogen-bond donors (Lipinski definition) is 2. The summed E-state index contributed by atoms with van der Waals surface area (Å²) in [6.07, 6.45) is 5.03. The monoisotopic (exact) mass is 406 g/mol. The lowest BCUT2D eigenvalue weighted by Gasteiger charge is -2.20. The highest BCUT2D eigenvalue weighted by atomic mass is 16.7. The molecule has 2 aliphatic rings. The lowest BCUT2D eigenvalue weighted by molar-refractivity contribution is -0.120. The molecule has 2 amide bonds. The second-order valence-electron chi connectivity index (χ2n) is 7.65. The van der Waals surface area contributed by atoms with Gasteiger partial charge >= 0.3 is 0 Å². The van der Waals surface area contributed by atoms with Crippen LogP contribution in [0.15, 0.2) is 46.9 Å². The van der Waals surface area contributed by atoms with Crippen LogP contribution in [0.2, 0.25) is 0 Å². The summed E-state index contributed by atoms with van der Waals surface area (Å²) in [5.74, 6) is 0.762. The van der Waals surface area contributed by atoms with Crippen LogP contribution < -0.4 is 20.1 Å². The van der Waals surface area contributed by atoms with Crippen molar-refractivity contribution in [3.05, 3.63) is 48.2 Å². The fraction of sp³-hybridized carbons (Fsp3) is 0.304. The van der Waals surface area contributed by atoms with Crippen molar-refractivity contribution >= 4 is 34.2 Å². The number of hydrogen-bond acceptors (Lipinski definition) is 5. The summed E-state index contributed by atoms with van der Waals surface area (Å²) in [6, 6.07) is 12.5. The Morgan fingerprint density at radius 3 is 2.57 bits per heavy atom. The molecule has 0 bridgehead atoms. The van der Waals surface area contributed by atoms with Crippen LogP contribution in [-0.2, 0) is 4.79 Å². The molecule has 0 spiro atoms. The molecule has 5 rings (SSSR count). The highest BCUT2D eigenvalue weighted by Gasteiger charge is 2.27. The van der Waals surface area contributed by atoms with Gasteiger partial charge in [-0.3, -0.25) is 9.59 Å². The average molecular weight is 406 g/mol. The van der Waals surface area contributed by atoms with E-state index < -0.39 is 5.91 Å². The SMILES string of the molecule is O=C(Nc1ccc2c(c1)OCO2)c1oc2ccccc2c1NC(=O)C1CCCCC1. The number of furan rings is 1. The van der Waals surface area contributed by atoms with Crippen molar-refractivity contribution in [3.8, 4) is 11.5 Å². The first-order valence-electron chi connectivity index (χ1n) is 10.2. The van der Waals surface area contributed by atoms with Gasteiger partial charge in [-0.25, -0.2) is 0 Å². The maximum absolute atomic E-state index is 13.0. The third-order valence-electron chi connectivity index (χ3n) is 5.66. The minimum Gasteiger partial charge on any atom is -0.454 e. The van der Waals surface area contributed by atoms with Crippen molar-refractivity contribution in [2.45, 2.75) is 32.1 Å². The van der Waals surface area contributed by atoms with E-state index in [1.807, 2.05) is 18.2 Å². The topological polar surface area (TPSA) is 89.8 Å². The molecule has 0 saturated heterocycles. The summed E-state index contributed by atoms with van der Waals surface area (Å²) in [7, 11) is 0. The molecule has 0 atom stereocenters.